The molecule has 7 nitrogen and oxygen atoms in total. The van der Waals surface area contributed by atoms with E-state index in [9.17, 15) is 4.79 Å². The van der Waals surface area contributed by atoms with Crippen molar-refractivity contribution in [1.82, 2.24) is 4.98 Å². The van der Waals surface area contributed by atoms with Crippen LogP contribution >= 0.6 is 0 Å². The molecule has 3 rings (SSSR count). The van der Waals surface area contributed by atoms with E-state index in [1.54, 1.807) is 19.1 Å². The van der Waals surface area contributed by atoms with Crippen LogP contribution in [0.5, 0.6) is 5.88 Å². The van der Waals surface area contributed by atoms with E-state index in [4.69, 9.17) is 20.5 Å². The first kappa shape index (κ1) is 14.7. The van der Waals surface area contributed by atoms with Crippen molar-refractivity contribution in [2.75, 3.05) is 17.7 Å². The molecule has 0 saturated heterocycles. The summed E-state index contributed by atoms with van der Waals surface area (Å²) in [5, 5.41) is 12.2. The highest BCUT2D eigenvalue weighted by Gasteiger charge is 2.21. The molecule has 0 atom stereocenters. The number of esters is 1. The predicted octanol–water partition coefficient (Wildman–Crippen LogP) is 2.35. The molecule has 0 radical (unpaired) electrons. The van der Waals surface area contributed by atoms with Crippen molar-refractivity contribution < 1.29 is 14.3 Å². The number of ether oxygens (including phenoxy) is 2. The quantitative estimate of drug-likeness (QED) is 0.834. The Morgan fingerprint density at radius 2 is 2.30 bits per heavy atom. The summed E-state index contributed by atoms with van der Waals surface area (Å²) >= 11 is 0. The number of benzene rings is 1. The molecule has 1 aromatic heterocycles. The molecule has 0 bridgehead atoms. The van der Waals surface area contributed by atoms with Crippen LogP contribution in [0.3, 0.4) is 0 Å². The normalized spacial score (nSPS) is 12.3. The molecule has 1 aliphatic rings. The van der Waals surface area contributed by atoms with Crippen molar-refractivity contribution >= 4 is 23.2 Å². The lowest BCUT2D eigenvalue weighted by molar-refractivity contribution is 0.0535. The van der Waals surface area contributed by atoms with Crippen molar-refractivity contribution in [1.29, 1.82) is 5.26 Å². The number of pyridine rings is 1. The summed E-state index contributed by atoms with van der Waals surface area (Å²) in [6.07, 6.45) is 0. The Morgan fingerprint density at radius 3 is 3.04 bits per heavy atom. The van der Waals surface area contributed by atoms with Gasteiger partial charge in [-0.1, -0.05) is 6.07 Å². The van der Waals surface area contributed by atoms with Crippen LogP contribution in [-0.2, 0) is 11.3 Å². The second-order valence-electron chi connectivity index (χ2n) is 4.89. The fraction of sp³-hybridized carbons (Fsp3) is 0.188. The zero-order chi connectivity index (χ0) is 16.4. The van der Waals surface area contributed by atoms with E-state index in [-0.39, 0.29) is 23.1 Å². The van der Waals surface area contributed by atoms with Gasteiger partial charge in [0, 0.05) is 17.3 Å². The summed E-state index contributed by atoms with van der Waals surface area (Å²) in [6.45, 7) is 2.46. The molecule has 0 saturated carbocycles. The molecular formula is C16H14N4O3. The highest BCUT2D eigenvalue weighted by molar-refractivity contribution is 5.94. The number of aromatic nitrogens is 1. The number of hydrogen-bond donors (Lipinski definition) is 2. The molecule has 0 fully saturated rings. The molecule has 0 spiro atoms. The molecule has 1 aliphatic heterocycles. The Bertz CT molecular complexity index is 827. The van der Waals surface area contributed by atoms with Gasteiger partial charge in [-0.2, -0.15) is 10.2 Å². The van der Waals surface area contributed by atoms with E-state index < -0.39 is 0 Å². The van der Waals surface area contributed by atoms with Crippen LogP contribution in [0.25, 0.3) is 0 Å². The van der Waals surface area contributed by atoms with Gasteiger partial charge in [-0.05, 0) is 19.1 Å². The maximum Gasteiger partial charge on any atom is 0.338 e. The van der Waals surface area contributed by atoms with Crippen molar-refractivity contribution in [2.24, 2.45) is 0 Å². The molecule has 0 aliphatic carbocycles. The first-order chi connectivity index (χ1) is 11.1. The van der Waals surface area contributed by atoms with Crippen molar-refractivity contribution in [3.63, 3.8) is 0 Å². The van der Waals surface area contributed by atoms with Crippen LogP contribution in [0.1, 0.15) is 28.4 Å². The highest BCUT2D eigenvalue weighted by atomic mass is 16.5. The number of hydrogen-bond acceptors (Lipinski definition) is 7. The number of anilines is 3. The fourth-order valence-corrected chi connectivity index (χ4v) is 2.30. The minimum absolute atomic E-state index is 0.179. The number of nitrogen functional groups attached to an aromatic ring is 1. The average molecular weight is 310 g/mol. The van der Waals surface area contributed by atoms with Gasteiger partial charge in [-0.3, -0.25) is 0 Å². The monoisotopic (exact) mass is 310 g/mol. The van der Waals surface area contributed by atoms with Crippen LogP contribution in [0.4, 0.5) is 17.2 Å². The Kier molecular flexibility index (Phi) is 3.73. The van der Waals surface area contributed by atoms with E-state index in [2.05, 4.69) is 10.3 Å². The van der Waals surface area contributed by atoms with E-state index in [0.29, 0.717) is 30.3 Å². The second kappa shape index (κ2) is 5.85. The molecule has 0 amide bonds. The van der Waals surface area contributed by atoms with Gasteiger partial charge in [0.05, 0.1) is 17.9 Å². The molecule has 3 N–H and O–H groups in total. The molecular weight excluding hydrogens is 296 g/mol. The van der Waals surface area contributed by atoms with Gasteiger partial charge in [0.25, 0.3) is 0 Å². The summed E-state index contributed by atoms with van der Waals surface area (Å²) in [7, 11) is 0. The van der Waals surface area contributed by atoms with Crippen LogP contribution in [0, 0.1) is 11.3 Å². The van der Waals surface area contributed by atoms with E-state index in [1.165, 1.54) is 0 Å². The van der Waals surface area contributed by atoms with E-state index in [1.807, 2.05) is 18.2 Å². The summed E-state index contributed by atoms with van der Waals surface area (Å²) in [6, 6.07) is 8.86. The zero-order valence-corrected chi connectivity index (χ0v) is 12.4. The number of nitrogens with one attached hydrogen (secondary N) is 1. The number of nitrogens with two attached hydrogens (primary N) is 1. The van der Waals surface area contributed by atoms with Crippen molar-refractivity contribution in [3.8, 4) is 11.9 Å². The van der Waals surface area contributed by atoms with E-state index >= 15 is 0 Å². The zero-order valence-electron chi connectivity index (χ0n) is 12.4. The number of rotatable bonds is 4. The fourth-order valence-electron chi connectivity index (χ4n) is 2.30. The minimum atomic E-state index is -0.342. The lowest BCUT2D eigenvalue weighted by Crippen LogP contribution is -2.04. The second-order valence-corrected chi connectivity index (χ2v) is 4.89. The third-order valence-corrected chi connectivity index (χ3v) is 3.37. The largest absolute Gasteiger partial charge is 0.477 e. The van der Waals surface area contributed by atoms with Gasteiger partial charge < -0.3 is 20.5 Å². The van der Waals surface area contributed by atoms with Crippen LogP contribution in [0.15, 0.2) is 24.3 Å². The van der Waals surface area contributed by atoms with Crippen LogP contribution in [0.2, 0.25) is 0 Å². The summed E-state index contributed by atoms with van der Waals surface area (Å²) in [4.78, 5) is 15.9. The topological polar surface area (TPSA) is 110 Å². The molecule has 7 heteroatoms. The smallest absolute Gasteiger partial charge is 0.338 e. The van der Waals surface area contributed by atoms with Crippen LogP contribution < -0.4 is 15.8 Å². The SMILES string of the molecule is CCOc1nc(Nc2ccc3c(c2)C(=O)OC3)cc(N)c1C#N. The number of carbonyl (C=O) groups excluding carboxylic acids is 1. The third-order valence-electron chi connectivity index (χ3n) is 3.37. The first-order valence-electron chi connectivity index (χ1n) is 7.03. The first-order valence-corrected chi connectivity index (χ1v) is 7.03. The van der Waals surface area contributed by atoms with Crippen LogP contribution in [-0.4, -0.2) is 17.6 Å². The average Bonchev–Trinajstić information content (AvgIpc) is 2.89. The Morgan fingerprint density at radius 1 is 1.48 bits per heavy atom. The lowest BCUT2D eigenvalue weighted by Gasteiger charge is -2.11. The van der Waals surface area contributed by atoms with Gasteiger partial charge in [-0.15, -0.1) is 0 Å². The summed E-state index contributed by atoms with van der Waals surface area (Å²) in [5.74, 6) is 0.264. The maximum atomic E-state index is 11.6. The summed E-state index contributed by atoms with van der Waals surface area (Å²) in [5.41, 5.74) is 8.40. The number of nitriles is 1. The van der Waals surface area contributed by atoms with Gasteiger partial charge >= 0.3 is 5.97 Å². The summed E-state index contributed by atoms with van der Waals surface area (Å²) < 4.78 is 10.3. The van der Waals surface area contributed by atoms with Gasteiger partial charge in [0.1, 0.15) is 24.1 Å². The Labute approximate surface area is 132 Å². The predicted molar refractivity (Wildman–Crippen MR) is 83.4 cm³/mol. The molecule has 23 heavy (non-hydrogen) atoms. The lowest BCUT2D eigenvalue weighted by atomic mass is 10.1. The highest BCUT2D eigenvalue weighted by Crippen LogP contribution is 2.29. The third kappa shape index (κ3) is 2.74. The number of nitrogens with zero attached hydrogens (tertiary/aromatic N) is 2. The number of cyclic esters (lactones) is 1. The standard InChI is InChI=1S/C16H14N4O3/c1-2-22-15-12(7-17)13(18)6-14(20-15)19-10-4-3-9-8-23-16(21)11(9)5-10/h3-6H,2,8H2,1H3,(H3,18,19,20). The molecule has 2 heterocycles. The van der Waals surface area contributed by atoms with Crippen molar-refractivity contribution in [3.05, 3.63) is 41.0 Å². The molecule has 1 aromatic carbocycles. The van der Waals surface area contributed by atoms with E-state index in [0.717, 1.165) is 5.56 Å². The number of carbonyl (C=O) groups is 1. The number of fused-ring (bicyclic) bond motifs is 1. The van der Waals surface area contributed by atoms with Gasteiger partial charge in [-0.25, -0.2) is 4.79 Å². The minimum Gasteiger partial charge on any atom is -0.477 e. The maximum absolute atomic E-state index is 11.6. The molecule has 116 valence electrons. The van der Waals surface area contributed by atoms with Crippen molar-refractivity contribution in [2.45, 2.75) is 13.5 Å². The molecule has 0 unspecified atom stereocenters. The van der Waals surface area contributed by atoms with Gasteiger partial charge in [0.2, 0.25) is 5.88 Å². The molecule has 2 aromatic rings. The Hall–Kier alpha value is -3.27. The van der Waals surface area contributed by atoms with Gasteiger partial charge in [0.15, 0.2) is 0 Å². The Balaban J connectivity index is 1.93.